The first-order chi connectivity index (χ1) is 10.7. The SMILES string of the molecule is CCc1c(C#N)c(-c2ccccc2)c(CC)c(CC)c1CC. The summed E-state index contributed by atoms with van der Waals surface area (Å²) in [5, 5.41) is 9.85. The van der Waals surface area contributed by atoms with E-state index in [1.54, 1.807) is 0 Å². The van der Waals surface area contributed by atoms with Gasteiger partial charge in [-0.15, -0.1) is 0 Å². The van der Waals surface area contributed by atoms with Crippen molar-refractivity contribution in [3.05, 3.63) is 58.1 Å². The molecule has 0 aromatic heterocycles. The van der Waals surface area contributed by atoms with Gasteiger partial charge in [0.25, 0.3) is 0 Å². The monoisotopic (exact) mass is 291 g/mol. The van der Waals surface area contributed by atoms with Crippen molar-refractivity contribution in [1.29, 1.82) is 5.26 Å². The van der Waals surface area contributed by atoms with Crippen molar-refractivity contribution in [3.8, 4) is 17.2 Å². The summed E-state index contributed by atoms with van der Waals surface area (Å²) < 4.78 is 0. The maximum absolute atomic E-state index is 9.85. The molecule has 1 heteroatoms. The second-order valence-corrected chi connectivity index (χ2v) is 5.56. The molecule has 0 atom stereocenters. The molecule has 0 radical (unpaired) electrons. The molecule has 0 N–H and O–H groups in total. The quantitative estimate of drug-likeness (QED) is 0.716. The van der Waals surface area contributed by atoms with E-state index in [0.29, 0.717) is 0 Å². The summed E-state index contributed by atoms with van der Waals surface area (Å²) in [6, 6.07) is 12.9. The molecule has 0 aliphatic carbocycles. The Balaban J connectivity index is 2.96. The van der Waals surface area contributed by atoms with E-state index < -0.39 is 0 Å². The van der Waals surface area contributed by atoms with E-state index in [1.807, 2.05) is 6.07 Å². The fourth-order valence-corrected chi connectivity index (χ4v) is 3.65. The van der Waals surface area contributed by atoms with Crippen LogP contribution in [0.25, 0.3) is 11.1 Å². The van der Waals surface area contributed by atoms with Gasteiger partial charge in [-0.2, -0.15) is 5.26 Å². The van der Waals surface area contributed by atoms with E-state index in [2.05, 4.69) is 58.0 Å². The molecule has 0 saturated carbocycles. The Hall–Kier alpha value is -2.07. The van der Waals surface area contributed by atoms with E-state index in [-0.39, 0.29) is 0 Å². The Bertz CT molecular complexity index is 690. The van der Waals surface area contributed by atoms with Gasteiger partial charge in [0.05, 0.1) is 5.56 Å². The molecule has 0 bridgehead atoms. The number of benzene rings is 2. The third-order valence-electron chi connectivity index (χ3n) is 4.53. The second kappa shape index (κ2) is 7.27. The summed E-state index contributed by atoms with van der Waals surface area (Å²) in [6.45, 7) is 8.80. The van der Waals surface area contributed by atoms with Gasteiger partial charge >= 0.3 is 0 Å². The van der Waals surface area contributed by atoms with Crippen molar-refractivity contribution in [1.82, 2.24) is 0 Å². The maximum atomic E-state index is 9.85. The van der Waals surface area contributed by atoms with Crippen LogP contribution in [-0.2, 0) is 25.7 Å². The fraction of sp³-hybridized carbons (Fsp3) is 0.381. The highest BCUT2D eigenvalue weighted by Crippen LogP contribution is 2.36. The van der Waals surface area contributed by atoms with Crippen LogP contribution in [0, 0.1) is 11.3 Å². The molecular formula is C21H25N. The third kappa shape index (κ3) is 2.66. The summed E-state index contributed by atoms with van der Waals surface area (Å²) in [4.78, 5) is 0. The predicted octanol–water partition coefficient (Wildman–Crippen LogP) is 5.47. The molecule has 0 amide bonds. The van der Waals surface area contributed by atoms with E-state index in [0.717, 1.165) is 36.8 Å². The van der Waals surface area contributed by atoms with Crippen molar-refractivity contribution in [2.24, 2.45) is 0 Å². The van der Waals surface area contributed by atoms with Crippen molar-refractivity contribution < 1.29 is 0 Å². The van der Waals surface area contributed by atoms with Crippen molar-refractivity contribution in [2.45, 2.75) is 53.4 Å². The first-order valence-electron chi connectivity index (χ1n) is 8.38. The number of hydrogen-bond acceptors (Lipinski definition) is 1. The molecular weight excluding hydrogens is 266 g/mol. The average molecular weight is 291 g/mol. The van der Waals surface area contributed by atoms with Gasteiger partial charge in [0, 0.05) is 5.56 Å². The third-order valence-corrected chi connectivity index (χ3v) is 4.53. The first kappa shape index (κ1) is 16.3. The predicted molar refractivity (Wildman–Crippen MR) is 94.1 cm³/mol. The molecule has 2 rings (SSSR count). The van der Waals surface area contributed by atoms with Gasteiger partial charge < -0.3 is 0 Å². The Morgan fingerprint density at radius 3 is 1.68 bits per heavy atom. The van der Waals surface area contributed by atoms with E-state index in [1.165, 1.54) is 27.8 Å². The van der Waals surface area contributed by atoms with Crippen LogP contribution in [0.4, 0.5) is 0 Å². The normalized spacial score (nSPS) is 10.5. The maximum Gasteiger partial charge on any atom is 0.100 e. The van der Waals surface area contributed by atoms with Crippen LogP contribution < -0.4 is 0 Å². The first-order valence-corrected chi connectivity index (χ1v) is 8.38. The standard InChI is InChI=1S/C21H25N/c1-5-16-17(6-2)19(8-4)21(15-12-10-9-11-13-15)20(14-22)18(16)7-3/h9-13H,5-8H2,1-4H3. The van der Waals surface area contributed by atoms with Crippen LogP contribution in [-0.4, -0.2) is 0 Å². The molecule has 0 heterocycles. The molecule has 0 fully saturated rings. The van der Waals surface area contributed by atoms with Crippen molar-refractivity contribution >= 4 is 0 Å². The number of nitriles is 1. The second-order valence-electron chi connectivity index (χ2n) is 5.56. The molecule has 2 aromatic rings. The molecule has 0 aliphatic heterocycles. The Kier molecular flexibility index (Phi) is 5.39. The smallest absolute Gasteiger partial charge is 0.100 e. The van der Waals surface area contributed by atoms with Crippen LogP contribution in [0.3, 0.4) is 0 Å². The van der Waals surface area contributed by atoms with Gasteiger partial charge in [-0.1, -0.05) is 58.0 Å². The van der Waals surface area contributed by atoms with E-state index in [4.69, 9.17) is 0 Å². The molecule has 0 unspecified atom stereocenters. The lowest BCUT2D eigenvalue weighted by molar-refractivity contribution is 0.942. The van der Waals surface area contributed by atoms with Gasteiger partial charge in [0.2, 0.25) is 0 Å². The minimum Gasteiger partial charge on any atom is -0.192 e. The van der Waals surface area contributed by atoms with Crippen LogP contribution in [0.15, 0.2) is 30.3 Å². The van der Waals surface area contributed by atoms with Gasteiger partial charge in [0.15, 0.2) is 0 Å². The highest BCUT2D eigenvalue weighted by Gasteiger charge is 2.21. The molecule has 1 nitrogen and oxygen atoms in total. The van der Waals surface area contributed by atoms with Crippen LogP contribution in [0.5, 0.6) is 0 Å². The topological polar surface area (TPSA) is 23.8 Å². The van der Waals surface area contributed by atoms with Gasteiger partial charge in [-0.05, 0) is 53.5 Å². The minimum atomic E-state index is 0.889. The van der Waals surface area contributed by atoms with Crippen LogP contribution in [0.1, 0.15) is 55.5 Å². The Labute approximate surface area is 134 Å². The molecule has 22 heavy (non-hydrogen) atoms. The lowest BCUT2D eigenvalue weighted by Gasteiger charge is -2.23. The van der Waals surface area contributed by atoms with E-state index >= 15 is 0 Å². The summed E-state index contributed by atoms with van der Waals surface area (Å²) >= 11 is 0. The fourth-order valence-electron chi connectivity index (χ4n) is 3.65. The Morgan fingerprint density at radius 2 is 1.23 bits per heavy atom. The molecule has 114 valence electrons. The summed E-state index contributed by atoms with van der Waals surface area (Å²) in [5.74, 6) is 0. The summed E-state index contributed by atoms with van der Waals surface area (Å²) in [5.41, 5.74) is 8.69. The van der Waals surface area contributed by atoms with E-state index in [9.17, 15) is 5.26 Å². The zero-order valence-corrected chi connectivity index (χ0v) is 14.2. The van der Waals surface area contributed by atoms with Crippen molar-refractivity contribution in [2.75, 3.05) is 0 Å². The van der Waals surface area contributed by atoms with Crippen LogP contribution >= 0.6 is 0 Å². The Morgan fingerprint density at radius 1 is 0.727 bits per heavy atom. The zero-order valence-electron chi connectivity index (χ0n) is 14.2. The number of hydrogen-bond donors (Lipinski definition) is 0. The lowest BCUT2D eigenvalue weighted by Crippen LogP contribution is -2.09. The zero-order chi connectivity index (χ0) is 16.1. The van der Waals surface area contributed by atoms with Crippen molar-refractivity contribution in [3.63, 3.8) is 0 Å². The highest BCUT2D eigenvalue weighted by atomic mass is 14.3. The van der Waals surface area contributed by atoms with Gasteiger partial charge in [-0.3, -0.25) is 0 Å². The van der Waals surface area contributed by atoms with Gasteiger partial charge in [-0.25, -0.2) is 0 Å². The minimum absolute atomic E-state index is 0.889. The van der Waals surface area contributed by atoms with Gasteiger partial charge in [0.1, 0.15) is 6.07 Å². The molecule has 0 aliphatic rings. The summed E-state index contributed by atoms with van der Waals surface area (Å²) in [6.07, 6.45) is 3.93. The summed E-state index contributed by atoms with van der Waals surface area (Å²) in [7, 11) is 0. The lowest BCUT2D eigenvalue weighted by atomic mass is 9.81. The highest BCUT2D eigenvalue weighted by molar-refractivity contribution is 5.78. The average Bonchev–Trinajstić information content (AvgIpc) is 2.59. The largest absolute Gasteiger partial charge is 0.192 e. The molecule has 2 aromatic carbocycles. The molecule has 0 saturated heterocycles. The number of nitrogens with zero attached hydrogens (tertiary/aromatic N) is 1. The van der Waals surface area contributed by atoms with Crippen LogP contribution in [0.2, 0.25) is 0 Å². The molecule has 0 spiro atoms. The number of rotatable bonds is 5.